The Balaban J connectivity index is 1.70. The highest BCUT2D eigenvalue weighted by atomic mass is 16.2. The van der Waals surface area contributed by atoms with Gasteiger partial charge in [-0.25, -0.2) is 4.79 Å². The Kier molecular flexibility index (Phi) is 4.34. The zero-order valence-electron chi connectivity index (χ0n) is 13.6. The Hall–Kier alpha value is -2.34. The van der Waals surface area contributed by atoms with Gasteiger partial charge in [0.2, 0.25) is 5.91 Å². The van der Waals surface area contributed by atoms with Crippen molar-refractivity contribution in [2.75, 3.05) is 33.7 Å². The summed E-state index contributed by atoms with van der Waals surface area (Å²) in [6.45, 7) is 1.73. The van der Waals surface area contributed by atoms with Crippen molar-refractivity contribution in [1.82, 2.24) is 20.1 Å². The molecule has 0 radical (unpaired) electrons. The summed E-state index contributed by atoms with van der Waals surface area (Å²) in [6, 6.07) is 6.06. The summed E-state index contributed by atoms with van der Waals surface area (Å²) in [5.74, 6) is -0.220. The van der Waals surface area contributed by atoms with E-state index in [2.05, 4.69) is 53.7 Å². The highest BCUT2D eigenvalue weighted by molar-refractivity contribution is 6.01. The minimum absolute atomic E-state index is 0.166. The molecule has 2 aromatic rings. The zero-order valence-corrected chi connectivity index (χ0v) is 13.6. The molecule has 1 saturated heterocycles. The van der Waals surface area contributed by atoms with Gasteiger partial charge in [0, 0.05) is 30.2 Å². The standard InChI is InChI=1S/C17H22N4O2/c1-20(2)7-6-13-10-18-15-4-3-12(9-14(13)15)5-8-21-11-16(22)19-17(21)23/h3-4,9-10,18H,5-8,11H2,1-2H3,(H,19,22,23). The summed E-state index contributed by atoms with van der Waals surface area (Å²) in [5.41, 5.74) is 3.62. The summed E-state index contributed by atoms with van der Waals surface area (Å²) < 4.78 is 0. The van der Waals surface area contributed by atoms with Crippen molar-refractivity contribution in [3.8, 4) is 0 Å². The molecule has 1 aliphatic heterocycles. The van der Waals surface area contributed by atoms with Crippen LogP contribution in [0.25, 0.3) is 10.9 Å². The predicted octanol–water partition coefficient (Wildman–Crippen LogP) is 1.37. The second kappa shape index (κ2) is 6.42. The van der Waals surface area contributed by atoms with Crippen LogP contribution in [0.2, 0.25) is 0 Å². The van der Waals surface area contributed by atoms with Crippen LogP contribution in [0.5, 0.6) is 0 Å². The Morgan fingerprint density at radius 2 is 2.04 bits per heavy atom. The van der Waals surface area contributed by atoms with Crippen LogP contribution < -0.4 is 5.32 Å². The first-order chi connectivity index (χ1) is 11.0. The molecule has 3 amide bonds. The van der Waals surface area contributed by atoms with Gasteiger partial charge in [-0.1, -0.05) is 6.07 Å². The molecule has 6 heteroatoms. The molecule has 122 valence electrons. The van der Waals surface area contributed by atoms with E-state index in [9.17, 15) is 9.59 Å². The number of rotatable bonds is 6. The molecule has 1 aliphatic rings. The van der Waals surface area contributed by atoms with Gasteiger partial charge in [-0.15, -0.1) is 0 Å². The van der Waals surface area contributed by atoms with E-state index in [0.29, 0.717) is 6.54 Å². The lowest BCUT2D eigenvalue weighted by Crippen LogP contribution is -2.30. The molecule has 0 unspecified atom stereocenters. The predicted molar refractivity (Wildman–Crippen MR) is 89.4 cm³/mol. The van der Waals surface area contributed by atoms with Crippen LogP contribution in [0.4, 0.5) is 4.79 Å². The Bertz CT molecular complexity index is 735. The van der Waals surface area contributed by atoms with Crippen molar-refractivity contribution in [1.29, 1.82) is 0 Å². The number of imide groups is 1. The summed E-state index contributed by atoms with van der Waals surface area (Å²) in [4.78, 5) is 29.8. The third kappa shape index (κ3) is 3.53. The highest BCUT2D eigenvalue weighted by Crippen LogP contribution is 2.21. The maximum atomic E-state index is 11.6. The minimum atomic E-state index is -0.288. The number of benzene rings is 1. The SMILES string of the molecule is CN(C)CCc1c[nH]c2ccc(CCN3CC(=O)NC3=O)cc12. The second-order valence-corrected chi connectivity index (χ2v) is 6.27. The highest BCUT2D eigenvalue weighted by Gasteiger charge is 2.25. The van der Waals surface area contributed by atoms with E-state index in [1.807, 2.05) is 0 Å². The van der Waals surface area contributed by atoms with E-state index in [4.69, 9.17) is 0 Å². The first-order valence-corrected chi connectivity index (χ1v) is 7.85. The molecule has 1 aromatic carbocycles. The monoisotopic (exact) mass is 314 g/mol. The van der Waals surface area contributed by atoms with Crippen LogP contribution in [0.1, 0.15) is 11.1 Å². The Labute approximate surface area is 135 Å². The number of likely N-dealkylation sites (N-methyl/N-ethyl adjacent to an activating group) is 1. The zero-order chi connectivity index (χ0) is 16.4. The normalized spacial score (nSPS) is 15.0. The van der Waals surface area contributed by atoms with Crippen LogP contribution in [-0.2, 0) is 17.6 Å². The maximum Gasteiger partial charge on any atom is 0.324 e. The first kappa shape index (κ1) is 15.6. The molecule has 0 atom stereocenters. The largest absolute Gasteiger partial charge is 0.361 e. The van der Waals surface area contributed by atoms with Gasteiger partial charge < -0.3 is 14.8 Å². The number of hydrogen-bond acceptors (Lipinski definition) is 3. The Morgan fingerprint density at radius 1 is 1.22 bits per heavy atom. The number of nitrogens with one attached hydrogen (secondary N) is 2. The molecular weight excluding hydrogens is 292 g/mol. The quantitative estimate of drug-likeness (QED) is 0.791. The van der Waals surface area contributed by atoms with Gasteiger partial charge in [0.05, 0.1) is 0 Å². The average molecular weight is 314 g/mol. The van der Waals surface area contributed by atoms with E-state index in [1.54, 1.807) is 4.90 Å². The average Bonchev–Trinajstić information content (AvgIpc) is 3.05. The fourth-order valence-electron chi connectivity index (χ4n) is 2.86. The summed E-state index contributed by atoms with van der Waals surface area (Å²) in [5, 5.41) is 3.55. The maximum absolute atomic E-state index is 11.6. The lowest BCUT2D eigenvalue weighted by Gasteiger charge is -2.13. The van der Waals surface area contributed by atoms with Gasteiger partial charge in [0.15, 0.2) is 0 Å². The van der Waals surface area contributed by atoms with Crippen LogP contribution in [0, 0.1) is 0 Å². The van der Waals surface area contributed by atoms with E-state index in [1.165, 1.54) is 16.5 Å². The van der Waals surface area contributed by atoms with Gasteiger partial charge in [0.1, 0.15) is 6.54 Å². The number of carbonyl (C=O) groups excluding carboxylic acids is 2. The number of carbonyl (C=O) groups is 2. The number of aromatic amines is 1. The third-order valence-electron chi connectivity index (χ3n) is 4.20. The van der Waals surface area contributed by atoms with Crippen LogP contribution in [0.3, 0.4) is 0 Å². The van der Waals surface area contributed by atoms with Crippen molar-refractivity contribution >= 4 is 22.8 Å². The number of fused-ring (bicyclic) bond motifs is 1. The number of nitrogens with zero attached hydrogens (tertiary/aromatic N) is 2. The van der Waals surface area contributed by atoms with Gasteiger partial charge in [0.25, 0.3) is 0 Å². The van der Waals surface area contributed by atoms with Crippen molar-refractivity contribution in [3.05, 3.63) is 35.5 Å². The number of urea groups is 1. The molecule has 3 rings (SSSR count). The van der Waals surface area contributed by atoms with Crippen molar-refractivity contribution in [2.24, 2.45) is 0 Å². The van der Waals surface area contributed by atoms with Crippen LogP contribution in [0.15, 0.2) is 24.4 Å². The summed E-state index contributed by atoms with van der Waals surface area (Å²) in [6.07, 6.45) is 3.82. The minimum Gasteiger partial charge on any atom is -0.361 e. The molecule has 0 bridgehead atoms. The number of aromatic nitrogens is 1. The van der Waals surface area contributed by atoms with Gasteiger partial charge in [-0.05, 0) is 50.2 Å². The molecule has 6 nitrogen and oxygen atoms in total. The topological polar surface area (TPSA) is 68.4 Å². The fraction of sp³-hybridized carbons (Fsp3) is 0.412. The third-order valence-corrected chi connectivity index (χ3v) is 4.20. The molecule has 0 spiro atoms. The van der Waals surface area contributed by atoms with E-state index in [0.717, 1.165) is 24.9 Å². The lowest BCUT2D eigenvalue weighted by molar-refractivity contribution is -0.118. The fourth-order valence-corrected chi connectivity index (χ4v) is 2.86. The van der Waals surface area contributed by atoms with Gasteiger partial charge in [-0.2, -0.15) is 0 Å². The van der Waals surface area contributed by atoms with Crippen molar-refractivity contribution < 1.29 is 9.59 Å². The summed E-state index contributed by atoms with van der Waals surface area (Å²) in [7, 11) is 4.14. The van der Waals surface area contributed by atoms with Crippen molar-refractivity contribution in [2.45, 2.75) is 12.8 Å². The molecular formula is C17H22N4O2. The van der Waals surface area contributed by atoms with Gasteiger partial charge >= 0.3 is 6.03 Å². The van der Waals surface area contributed by atoms with Crippen molar-refractivity contribution in [3.63, 3.8) is 0 Å². The second-order valence-electron chi connectivity index (χ2n) is 6.27. The summed E-state index contributed by atoms with van der Waals surface area (Å²) >= 11 is 0. The number of amides is 3. The molecule has 1 aromatic heterocycles. The number of H-pyrrole nitrogens is 1. The molecule has 2 N–H and O–H groups in total. The van der Waals surface area contributed by atoms with E-state index >= 15 is 0 Å². The van der Waals surface area contributed by atoms with Crippen LogP contribution in [-0.4, -0.2) is 60.5 Å². The molecule has 2 heterocycles. The first-order valence-electron chi connectivity index (χ1n) is 7.85. The molecule has 1 fully saturated rings. The van der Waals surface area contributed by atoms with E-state index < -0.39 is 0 Å². The van der Waals surface area contributed by atoms with Crippen LogP contribution >= 0.6 is 0 Å². The van der Waals surface area contributed by atoms with Gasteiger partial charge in [-0.3, -0.25) is 10.1 Å². The molecule has 0 aliphatic carbocycles. The van der Waals surface area contributed by atoms with E-state index in [-0.39, 0.29) is 18.5 Å². The lowest BCUT2D eigenvalue weighted by atomic mass is 10.1. The number of hydrogen-bond donors (Lipinski definition) is 2. The molecule has 23 heavy (non-hydrogen) atoms. The smallest absolute Gasteiger partial charge is 0.324 e. The molecule has 0 saturated carbocycles. The Morgan fingerprint density at radius 3 is 2.74 bits per heavy atom.